The molecular formula is C24H28N6O2. The number of likely N-dealkylation sites (N-methyl/N-ethyl adjacent to an activating group) is 1. The lowest BCUT2D eigenvalue weighted by Gasteiger charge is -2.36. The summed E-state index contributed by atoms with van der Waals surface area (Å²) < 4.78 is 11.2. The molecule has 1 fully saturated rings. The number of benzene rings is 1. The molecule has 1 N–H and O–H groups in total. The summed E-state index contributed by atoms with van der Waals surface area (Å²) in [5.41, 5.74) is 2.36. The number of hydrogen-bond acceptors (Lipinski definition) is 8. The Morgan fingerprint density at radius 3 is 2.69 bits per heavy atom. The van der Waals surface area contributed by atoms with E-state index in [1.807, 2.05) is 18.2 Å². The van der Waals surface area contributed by atoms with Gasteiger partial charge >= 0.3 is 0 Å². The maximum absolute atomic E-state index is 5.97. The first-order valence-corrected chi connectivity index (χ1v) is 11.0. The maximum atomic E-state index is 5.97. The molecule has 8 heteroatoms. The number of piperidine rings is 1. The third-order valence-electron chi connectivity index (χ3n) is 6.24. The molecule has 2 aliphatic rings. The molecule has 0 bridgehead atoms. The van der Waals surface area contributed by atoms with E-state index in [4.69, 9.17) is 14.5 Å². The Labute approximate surface area is 188 Å². The standard InChI is InChI=1S/C24H28N6O2/c1-29-20(17-6-4-3-5-7-17)16-32-21-15-26-24(28-23(21)29)27-18-9-12-30(13-10-18)19-8-11-25-22(14-19)31-2/h3-8,11,14-15,18,20H,9-10,12-13,16H2,1-2H3,(H,26,27,28). The largest absolute Gasteiger partial charge is 0.486 e. The molecule has 2 aromatic heterocycles. The van der Waals surface area contributed by atoms with Crippen LogP contribution < -0.4 is 24.6 Å². The molecule has 3 aromatic rings. The molecule has 2 aliphatic heterocycles. The van der Waals surface area contributed by atoms with E-state index in [2.05, 4.69) is 56.4 Å². The highest BCUT2D eigenvalue weighted by Gasteiger charge is 2.28. The molecule has 5 rings (SSSR count). The Morgan fingerprint density at radius 2 is 1.91 bits per heavy atom. The van der Waals surface area contributed by atoms with Crippen molar-refractivity contribution in [1.82, 2.24) is 15.0 Å². The molecule has 1 atom stereocenters. The van der Waals surface area contributed by atoms with Crippen molar-refractivity contribution < 1.29 is 9.47 Å². The Hall–Kier alpha value is -3.55. The van der Waals surface area contributed by atoms with Gasteiger partial charge in [-0.25, -0.2) is 9.97 Å². The predicted octanol–water partition coefficient (Wildman–Crippen LogP) is 3.53. The molecule has 1 saturated heterocycles. The number of methoxy groups -OCH3 is 1. The number of rotatable bonds is 5. The number of ether oxygens (including phenoxy) is 2. The van der Waals surface area contributed by atoms with E-state index in [0.29, 0.717) is 24.5 Å². The number of hydrogen-bond donors (Lipinski definition) is 1. The molecule has 0 amide bonds. The lowest BCUT2D eigenvalue weighted by molar-refractivity contribution is 0.265. The summed E-state index contributed by atoms with van der Waals surface area (Å²) in [5, 5.41) is 3.53. The Morgan fingerprint density at radius 1 is 1.09 bits per heavy atom. The monoisotopic (exact) mass is 432 g/mol. The van der Waals surface area contributed by atoms with Gasteiger partial charge in [-0.1, -0.05) is 30.3 Å². The van der Waals surface area contributed by atoms with E-state index in [1.165, 1.54) is 5.56 Å². The van der Waals surface area contributed by atoms with E-state index < -0.39 is 0 Å². The van der Waals surface area contributed by atoms with Crippen molar-refractivity contribution in [2.45, 2.75) is 24.9 Å². The van der Waals surface area contributed by atoms with Crippen LogP contribution in [0.3, 0.4) is 0 Å². The van der Waals surface area contributed by atoms with Crippen LogP contribution in [0, 0.1) is 0 Å². The van der Waals surface area contributed by atoms with E-state index in [1.54, 1.807) is 19.5 Å². The van der Waals surface area contributed by atoms with Gasteiger partial charge in [0, 0.05) is 44.1 Å². The second kappa shape index (κ2) is 8.90. The summed E-state index contributed by atoms with van der Waals surface area (Å²) in [6.07, 6.45) is 5.58. The van der Waals surface area contributed by atoms with Gasteiger partial charge < -0.3 is 24.6 Å². The SMILES string of the molecule is COc1cc(N2CCC(Nc3ncc4c(n3)N(C)C(c3ccccc3)CO4)CC2)ccn1. The minimum atomic E-state index is 0.132. The van der Waals surface area contributed by atoms with Gasteiger partial charge in [-0.05, 0) is 24.5 Å². The minimum Gasteiger partial charge on any atom is -0.486 e. The highest BCUT2D eigenvalue weighted by molar-refractivity contribution is 5.57. The van der Waals surface area contributed by atoms with Crippen molar-refractivity contribution >= 4 is 17.5 Å². The first-order valence-electron chi connectivity index (χ1n) is 11.0. The number of aromatic nitrogens is 3. The van der Waals surface area contributed by atoms with Crippen molar-refractivity contribution in [3.8, 4) is 11.6 Å². The molecule has 1 unspecified atom stereocenters. The average Bonchev–Trinajstić information content (AvgIpc) is 2.86. The van der Waals surface area contributed by atoms with E-state index in [-0.39, 0.29) is 6.04 Å². The summed E-state index contributed by atoms with van der Waals surface area (Å²) >= 11 is 0. The predicted molar refractivity (Wildman–Crippen MR) is 125 cm³/mol. The summed E-state index contributed by atoms with van der Waals surface area (Å²) in [4.78, 5) is 18.1. The normalized spacial score (nSPS) is 18.6. The molecule has 1 aromatic carbocycles. The highest BCUT2D eigenvalue weighted by atomic mass is 16.5. The van der Waals surface area contributed by atoms with Crippen LogP contribution in [0.25, 0.3) is 0 Å². The van der Waals surface area contributed by atoms with Crippen LogP contribution >= 0.6 is 0 Å². The molecule has 0 saturated carbocycles. The van der Waals surface area contributed by atoms with Crippen LogP contribution in [0.5, 0.6) is 11.6 Å². The molecule has 32 heavy (non-hydrogen) atoms. The molecule has 8 nitrogen and oxygen atoms in total. The van der Waals surface area contributed by atoms with Gasteiger partial charge in [0.25, 0.3) is 0 Å². The van der Waals surface area contributed by atoms with Crippen LogP contribution in [0.15, 0.2) is 54.9 Å². The summed E-state index contributed by atoms with van der Waals surface area (Å²) in [7, 11) is 3.71. The first-order chi connectivity index (χ1) is 15.7. The third-order valence-corrected chi connectivity index (χ3v) is 6.24. The second-order valence-corrected chi connectivity index (χ2v) is 8.19. The van der Waals surface area contributed by atoms with Crippen molar-refractivity contribution in [3.05, 3.63) is 60.4 Å². The van der Waals surface area contributed by atoms with Crippen molar-refractivity contribution in [3.63, 3.8) is 0 Å². The number of nitrogens with one attached hydrogen (secondary N) is 1. The molecule has 166 valence electrons. The number of anilines is 3. The zero-order valence-electron chi connectivity index (χ0n) is 18.4. The van der Waals surface area contributed by atoms with Crippen LogP contribution in [0.2, 0.25) is 0 Å². The first kappa shape index (κ1) is 20.4. The van der Waals surface area contributed by atoms with Gasteiger partial charge in [-0.3, -0.25) is 0 Å². The highest BCUT2D eigenvalue weighted by Crippen LogP contribution is 2.37. The van der Waals surface area contributed by atoms with Crippen molar-refractivity contribution in [2.24, 2.45) is 0 Å². The van der Waals surface area contributed by atoms with E-state index in [9.17, 15) is 0 Å². The molecule has 0 aliphatic carbocycles. The fourth-order valence-corrected chi connectivity index (χ4v) is 4.38. The van der Waals surface area contributed by atoms with Crippen LogP contribution in [0.1, 0.15) is 24.4 Å². The second-order valence-electron chi connectivity index (χ2n) is 8.19. The quantitative estimate of drug-likeness (QED) is 0.656. The van der Waals surface area contributed by atoms with Crippen LogP contribution in [-0.2, 0) is 0 Å². The lowest BCUT2D eigenvalue weighted by atomic mass is 10.0. The van der Waals surface area contributed by atoms with E-state index in [0.717, 1.165) is 43.2 Å². The zero-order chi connectivity index (χ0) is 21.9. The van der Waals surface area contributed by atoms with Gasteiger partial charge in [-0.2, -0.15) is 4.98 Å². The van der Waals surface area contributed by atoms with Gasteiger partial charge in [0.2, 0.25) is 11.8 Å². The Balaban J connectivity index is 1.24. The van der Waals surface area contributed by atoms with E-state index >= 15 is 0 Å². The molecule has 4 heterocycles. The Bertz CT molecular complexity index is 1060. The third kappa shape index (κ3) is 4.12. The number of pyridine rings is 1. The summed E-state index contributed by atoms with van der Waals surface area (Å²) in [6, 6.07) is 14.9. The van der Waals surface area contributed by atoms with Crippen LogP contribution in [-0.4, -0.2) is 54.8 Å². The van der Waals surface area contributed by atoms with Crippen molar-refractivity contribution in [1.29, 1.82) is 0 Å². The summed E-state index contributed by atoms with van der Waals surface area (Å²) in [6.45, 7) is 2.49. The van der Waals surface area contributed by atoms with Gasteiger partial charge in [0.05, 0.1) is 19.3 Å². The smallest absolute Gasteiger partial charge is 0.225 e. The zero-order valence-corrected chi connectivity index (χ0v) is 18.4. The summed E-state index contributed by atoms with van der Waals surface area (Å²) in [5.74, 6) is 2.85. The van der Waals surface area contributed by atoms with Crippen molar-refractivity contribution in [2.75, 3.05) is 49.0 Å². The number of nitrogens with zero attached hydrogens (tertiary/aromatic N) is 5. The van der Waals surface area contributed by atoms with Crippen LogP contribution in [0.4, 0.5) is 17.5 Å². The molecule has 0 radical (unpaired) electrons. The average molecular weight is 433 g/mol. The van der Waals surface area contributed by atoms with Gasteiger partial charge in [0.15, 0.2) is 11.6 Å². The Kier molecular flexibility index (Phi) is 5.66. The van der Waals surface area contributed by atoms with Gasteiger partial charge in [-0.15, -0.1) is 0 Å². The molecular weight excluding hydrogens is 404 g/mol. The van der Waals surface area contributed by atoms with Gasteiger partial charge in [0.1, 0.15) is 6.61 Å². The molecule has 0 spiro atoms. The maximum Gasteiger partial charge on any atom is 0.225 e. The number of fused-ring (bicyclic) bond motifs is 1. The topological polar surface area (TPSA) is 75.6 Å². The fraction of sp³-hybridized carbons (Fsp3) is 0.375. The lowest BCUT2D eigenvalue weighted by Crippen LogP contribution is -2.39. The minimum absolute atomic E-state index is 0.132. The fourth-order valence-electron chi connectivity index (χ4n) is 4.38.